The van der Waals surface area contributed by atoms with Crippen LogP contribution in [0.4, 0.5) is 5.82 Å². The second-order valence-corrected chi connectivity index (χ2v) is 5.98. The standard InChI is InChI=1S/C21H23N3O/c1-2-3-13-25-18-11-9-17(10-12-18)20-15-23-21(22)19(24-20)14-16-7-5-4-6-8-16/h4-12,15H,2-3,13-14H2,1H3,(H2,22,23). The Labute approximate surface area is 148 Å². The molecule has 0 aliphatic rings. The number of nitrogens with zero attached hydrogens (tertiary/aromatic N) is 2. The Morgan fingerprint density at radius 2 is 1.76 bits per heavy atom. The predicted octanol–water partition coefficient (Wildman–Crippen LogP) is 4.50. The van der Waals surface area contributed by atoms with Crippen LogP contribution in [-0.4, -0.2) is 16.6 Å². The Bertz CT molecular complexity index is 801. The van der Waals surface area contributed by atoms with Gasteiger partial charge in [-0.15, -0.1) is 0 Å². The van der Waals surface area contributed by atoms with E-state index in [0.29, 0.717) is 12.2 Å². The summed E-state index contributed by atoms with van der Waals surface area (Å²) < 4.78 is 5.70. The fourth-order valence-electron chi connectivity index (χ4n) is 2.55. The van der Waals surface area contributed by atoms with Gasteiger partial charge < -0.3 is 10.5 Å². The van der Waals surface area contributed by atoms with Gasteiger partial charge in [0.05, 0.1) is 24.2 Å². The molecule has 0 atom stereocenters. The van der Waals surface area contributed by atoms with Crippen LogP contribution < -0.4 is 10.5 Å². The lowest BCUT2D eigenvalue weighted by Crippen LogP contribution is -2.03. The third-order valence-electron chi connectivity index (χ3n) is 4.01. The van der Waals surface area contributed by atoms with Crippen molar-refractivity contribution in [1.82, 2.24) is 9.97 Å². The first-order valence-electron chi connectivity index (χ1n) is 8.65. The maximum absolute atomic E-state index is 6.01. The van der Waals surface area contributed by atoms with Gasteiger partial charge in [-0.25, -0.2) is 9.97 Å². The molecule has 3 rings (SSSR count). The highest BCUT2D eigenvalue weighted by Crippen LogP contribution is 2.23. The maximum Gasteiger partial charge on any atom is 0.145 e. The van der Waals surface area contributed by atoms with Crippen molar-refractivity contribution in [1.29, 1.82) is 0 Å². The van der Waals surface area contributed by atoms with Crippen LogP contribution in [0.5, 0.6) is 5.75 Å². The first kappa shape index (κ1) is 17.0. The summed E-state index contributed by atoms with van der Waals surface area (Å²) in [6.07, 6.45) is 4.58. The van der Waals surface area contributed by atoms with E-state index < -0.39 is 0 Å². The molecule has 3 aromatic rings. The molecule has 4 heteroatoms. The molecule has 128 valence electrons. The van der Waals surface area contributed by atoms with E-state index in [1.807, 2.05) is 42.5 Å². The summed E-state index contributed by atoms with van der Waals surface area (Å²) >= 11 is 0. The fourth-order valence-corrected chi connectivity index (χ4v) is 2.55. The van der Waals surface area contributed by atoms with Crippen molar-refractivity contribution < 1.29 is 4.74 Å². The summed E-state index contributed by atoms with van der Waals surface area (Å²) in [4.78, 5) is 9.03. The van der Waals surface area contributed by atoms with Gasteiger partial charge in [0, 0.05) is 12.0 Å². The molecule has 0 spiro atoms. The number of hydrogen-bond donors (Lipinski definition) is 1. The van der Waals surface area contributed by atoms with Gasteiger partial charge in [-0.05, 0) is 36.2 Å². The Balaban J connectivity index is 1.77. The molecule has 0 radical (unpaired) electrons. The minimum atomic E-state index is 0.479. The summed E-state index contributed by atoms with van der Waals surface area (Å²) in [6, 6.07) is 18.1. The summed E-state index contributed by atoms with van der Waals surface area (Å²) in [5, 5.41) is 0. The van der Waals surface area contributed by atoms with E-state index in [1.54, 1.807) is 6.20 Å². The lowest BCUT2D eigenvalue weighted by atomic mass is 10.1. The Morgan fingerprint density at radius 3 is 2.48 bits per heavy atom. The normalized spacial score (nSPS) is 10.6. The van der Waals surface area contributed by atoms with Gasteiger partial charge in [0.25, 0.3) is 0 Å². The fraction of sp³-hybridized carbons (Fsp3) is 0.238. The SMILES string of the molecule is CCCCOc1ccc(-c2cnc(N)c(Cc3ccccc3)n2)cc1. The predicted molar refractivity (Wildman–Crippen MR) is 102 cm³/mol. The molecule has 2 N–H and O–H groups in total. The molecule has 2 aromatic carbocycles. The molecule has 0 aliphatic carbocycles. The highest BCUT2D eigenvalue weighted by atomic mass is 16.5. The molecule has 25 heavy (non-hydrogen) atoms. The minimum Gasteiger partial charge on any atom is -0.494 e. The second-order valence-electron chi connectivity index (χ2n) is 5.98. The number of nitrogen functional groups attached to an aromatic ring is 1. The molecular formula is C21H23N3O. The third kappa shape index (κ3) is 4.57. The molecule has 0 amide bonds. The van der Waals surface area contributed by atoms with Crippen molar-refractivity contribution in [3.8, 4) is 17.0 Å². The van der Waals surface area contributed by atoms with Crippen molar-refractivity contribution in [2.45, 2.75) is 26.2 Å². The van der Waals surface area contributed by atoms with Crippen LogP contribution in [0.2, 0.25) is 0 Å². The third-order valence-corrected chi connectivity index (χ3v) is 4.01. The number of unbranched alkanes of at least 4 members (excludes halogenated alkanes) is 1. The van der Waals surface area contributed by atoms with E-state index in [1.165, 1.54) is 5.56 Å². The topological polar surface area (TPSA) is 61.0 Å². The van der Waals surface area contributed by atoms with E-state index in [-0.39, 0.29) is 0 Å². The zero-order chi connectivity index (χ0) is 17.5. The lowest BCUT2D eigenvalue weighted by molar-refractivity contribution is 0.309. The molecule has 0 unspecified atom stereocenters. The Morgan fingerprint density at radius 1 is 1.00 bits per heavy atom. The van der Waals surface area contributed by atoms with E-state index in [2.05, 4.69) is 24.0 Å². The van der Waals surface area contributed by atoms with Gasteiger partial charge in [-0.2, -0.15) is 0 Å². The number of benzene rings is 2. The number of ether oxygens (including phenoxy) is 1. The number of aromatic nitrogens is 2. The first-order valence-corrected chi connectivity index (χ1v) is 8.65. The molecule has 0 saturated carbocycles. The monoisotopic (exact) mass is 333 g/mol. The van der Waals surface area contributed by atoms with Crippen LogP contribution in [0.15, 0.2) is 60.8 Å². The van der Waals surface area contributed by atoms with Gasteiger partial charge in [0.1, 0.15) is 11.6 Å². The van der Waals surface area contributed by atoms with Gasteiger partial charge in [0.15, 0.2) is 0 Å². The average molecular weight is 333 g/mol. The molecule has 0 bridgehead atoms. The van der Waals surface area contributed by atoms with Crippen LogP contribution in [0.1, 0.15) is 31.0 Å². The summed E-state index contributed by atoms with van der Waals surface area (Å²) in [6.45, 7) is 2.90. The molecule has 0 fully saturated rings. The zero-order valence-corrected chi connectivity index (χ0v) is 14.5. The van der Waals surface area contributed by atoms with Gasteiger partial charge >= 0.3 is 0 Å². The van der Waals surface area contributed by atoms with E-state index in [4.69, 9.17) is 15.5 Å². The van der Waals surface area contributed by atoms with Crippen molar-refractivity contribution in [2.75, 3.05) is 12.3 Å². The molecule has 0 saturated heterocycles. The summed E-state index contributed by atoms with van der Waals surface area (Å²) in [7, 11) is 0. The molecule has 0 aliphatic heterocycles. The summed E-state index contributed by atoms with van der Waals surface area (Å²) in [5.41, 5.74) is 9.80. The molecule has 4 nitrogen and oxygen atoms in total. The van der Waals surface area contributed by atoms with Gasteiger partial charge in [-0.1, -0.05) is 43.7 Å². The van der Waals surface area contributed by atoms with Crippen LogP contribution in [0.25, 0.3) is 11.3 Å². The number of anilines is 1. The maximum atomic E-state index is 6.01. The van der Waals surface area contributed by atoms with E-state index in [9.17, 15) is 0 Å². The highest BCUT2D eigenvalue weighted by Gasteiger charge is 2.08. The lowest BCUT2D eigenvalue weighted by Gasteiger charge is -2.09. The average Bonchev–Trinajstić information content (AvgIpc) is 2.65. The van der Waals surface area contributed by atoms with Crippen molar-refractivity contribution in [3.05, 3.63) is 72.1 Å². The van der Waals surface area contributed by atoms with Crippen LogP contribution in [0.3, 0.4) is 0 Å². The Hall–Kier alpha value is -2.88. The van der Waals surface area contributed by atoms with Crippen molar-refractivity contribution in [2.24, 2.45) is 0 Å². The van der Waals surface area contributed by atoms with Gasteiger partial charge in [-0.3, -0.25) is 0 Å². The number of nitrogens with two attached hydrogens (primary N) is 1. The highest BCUT2D eigenvalue weighted by molar-refractivity contribution is 5.60. The van der Waals surface area contributed by atoms with Crippen molar-refractivity contribution in [3.63, 3.8) is 0 Å². The first-order chi connectivity index (χ1) is 12.3. The Kier molecular flexibility index (Phi) is 5.62. The molecular weight excluding hydrogens is 310 g/mol. The van der Waals surface area contributed by atoms with Crippen LogP contribution in [-0.2, 0) is 6.42 Å². The largest absolute Gasteiger partial charge is 0.494 e. The van der Waals surface area contributed by atoms with Crippen molar-refractivity contribution >= 4 is 5.82 Å². The van der Waals surface area contributed by atoms with Crippen LogP contribution >= 0.6 is 0 Å². The molecule has 1 aromatic heterocycles. The van der Waals surface area contributed by atoms with E-state index in [0.717, 1.165) is 42.1 Å². The quantitative estimate of drug-likeness (QED) is 0.647. The summed E-state index contributed by atoms with van der Waals surface area (Å²) in [5.74, 6) is 1.36. The number of rotatable bonds is 7. The van der Waals surface area contributed by atoms with Gasteiger partial charge in [0.2, 0.25) is 0 Å². The second kappa shape index (κ2) is 8.29. The zero-order valence-electron chi connectivity index (χ0n) is 14.5. The smallest absolute Gasteiger partial charge is 0.145 e. The van der Waals surface area contributed by atoms with Crippen LogP contribution in [0, 0.1) is 0 Å². The minimum absolute atomic E-state index is 0.479. The van der Waals surface area contributed by atoms with E-state index >= 15 is 0 Å². The number of hydrogen-bond acceptors (Lipinski definition) is 4. The molecule has 1 heterocycles.